The molecule has 0 saturated carbocycles. The zero-order valence-electron chi connectivity index (χ0n) is 46.9. The molecule has 0 spiro atoms. The van der Waals surface area contributed by atoms with Gasteiger partial charge in [-0.25, -0.2) is 9.97 Å². The Balaban J connectivity index is 0.000000141. The Morgan fingerprint density at radius 2 is 0.674 bits per heavy atom. The van der Waals surface area contributed by atoms with E-state index in [-0.39, 0.29) is 60.3 Å². The minimum absolute atomic E-state index is 0. The fourth-order valence-corrected chi connectivity index (χ4v) is 10.9. The number of hydrogen-bond donors (Lipinski definition) is 0. The quantitative estimate of drug-likeness (QED) is 0.133. The third-order valence-electron chi connectivity index (χ3n) is 14.9. The molecule has 429 valence electrons. The van der Waals surface area contributed by atoms with Crippen molar-refractivity contribution < 1.29 is 60.3 Å². The average Bonchev–Trinajstić information content (AvgIpc) is 1.89. The van der Waals surface area contributed by atoms with Gasteiger partial charge < -0.3 is 29.4 Å². The molecular formula is C75H56Ir3N8-6. The minimum atomic E-state index is 0. The average molecular weight is 1650 g/mol. The first-order chi connectivity index (χ1) is 41.1. The molecule has 10 aromatic carbocycles. The van der Waals surface area contributed by atoms with Gasteiger partial charge in [0.05, 0.1) is 11.4 Å². The van der Waals surface area contributed by atoms with Gasteiger partial charge in [-0.1, -0.05) is 146 Å². The molecule has 3 aliphatic rings. The van der Waals surface area contributed by atoms with Crippen molar-refractivity contribution in [1.29, 1.82) is 0 Å². The van der Waals surface area contributed by atoms with Crippen molar-refractivity contribution in [3.05, 3.63) is 335 Å². The number of anilines is 12. The van der Waals surface area contributed by atoms with E-state index in [1.54, 1.807) is 0 Å². The fourth-order valence-electron chi connectivity index (χ4n) is 10.9. The van der Waals surface area contributed by atoms with Crippen LogP contribution in [0.2, 0.25) is 0 Å². The maximum atomic E-state index is 4.67. The summed E-state index contributed by atoms with van der Waals surface area (Å²) >= 11 is 0. The first-order valence-electron chi connectivity index (χ1n) is 27.7. The summed E-state index contributed by atoms with van der Waals surface area (Å²) in [5.74, 6) is 1.82. The van der Waals surface area contributed by atoms with Crippen LogP contribution in [0.15, 0.2) is 285 Å². The summed E-state index contributed by atoms with van der Waals surface area (Å²) in [4.78, 5) is 22.4. The van der Waals surface area contributed by atoms with E-state index >= 15 is 0 Å². The molecule has 86 heavy (non-hydrogen) atoms. The monoisotopic (exact) mass is 1650 g/mol. The number of benzene rings is 10. The molecule has 3 aliphatic heterocycles. The van der Waals surface area contributed by atoms with Crippen LogP contribution >= 0.6 is 0 Å². The Morgan fingerprint density at radius 3 is 1.21 bits per heavy atom. The van der Waals surface area contributed by atoms with Gasteiger partial charge in [0.2, 0.25) is 0 Å². The molecule has 2 aromatic heterocycles. The predicted molar refractivity (Wildman–Crippen MR) is 342 cm³/mol. The van der Waals surface area contributed by atoms with Gasteiger partial charge in [0.1, 0.15) is 11.6 Å². The number of para-hydroxylation sites is 6. The summed E-state index contributed by atoms with van der Waals surface area (Å²) in [6, 6.07) is 104. The summed E-state index contributed by atoms with van der Waals surface area (Å²) in [6.45, 7) is 10.7. The summed E-state index contributed by atoms with van der Waals surface area (Å²) < 4.78 is 0. The Bertz CT molecular complexity index is 3980. The van der Waals surface area contributed by atoms with Crippen LogP contribution in [0.4, 0.5) is 68.5 Å². The number of nitrogens with zero attached hydrogens (tertiary/aromatic N) is 8. The van der Waals surface area contributed by atoms with Crippen LogP contribution in [0.5, 0.6) is 0 Å². The smallest absolute Gasteiger partial charge is 0.126 e. The van der Waals surface area contributed by atoms with Crippen molar-refractivity contribution in [1.82, 2.24) is 9.97 Å². The molecule has 11 heteroatoms. The van der Waals surface area contributed by atoms with Crippen LogP contribution in [0.25, 0.3) is 33.4 Å². The van der Waals surface area contributed by atoms with Crippen molar-refractivity contribution in [3.8, 4) is 33.4 Å². The maximum Gasteiger partial charge on any atom is 0.126 e. The predicted octanol–water partition coefficient (Wildman–Crippen LogP) is 19.1. The van der Waals surface area contributed by atoms with E-state index in [4.69, 9.17) is 0 Å². The second-order valence-corrected chi connectivity index (χ2v) is 20.1. The molecular weight excluding hydrogens is 1590 g/mol. The van der Waals surface area contributed by atoms with Crippen LogP contribution in [0.3, 0.4) is 0 Å². The van der Waals surface area contributed by atoms with Crippen molar-refractivity contribution in [2.24, 2.45) is 0 Å². The van der Waals surface area contributed by atoms with Gasteiger partial charge in [-0.3, -0.25) is 0 Å². The molecule has 0 fully saturated rings. The molecule has 12 aromatic rings. The number of aromatic nitrogens is 2. The fraction of sp³-hybridized carbons (Fsp3) is 0.0267. The van der Waals surface area contributed by atoms with E-state index in [2.05, 4.69) is 286 Å². The van der Waals surface area contributed by atoms with E-state index in [1.807, 2.05) is 91.3 Å². The number of aryl methyl sites for hydroxylation is 2. The van der Waals surface area contributed by atoms with Crippen molar-refractivity contribution in [3.63, 3.8) is 0 Å². The van der Waals surface area contributed by atoms with Gasteiger partial charge in [0, 0.05) is 112 Å². The molecule has 0 atom stereocenters. The topological polar surface area (TPSA) is 45.2 Å². The zero-order valence-corrected chi connectivity index (χ0v) is 54.1. The van der Waals surface area contributed by atoms with Gasteiger partial charge in [-0.2, -0.15) is 91.0 Å². The molecule has 3 radical (unpaired) electrons. The molecule has 5 heterocycles. The zero-order chi connectivity index (χ0) is 55.9. The number of pyridine rings is 2. The van der Waals surface area contributed by atoms with Crippen LogP contribution in [-0.4, -0.2) is 9.97 Å². The van der Waals surface area contributed by atoms with Crippen LogP contribution in [0.1, 0.15) is 11.1 Å². The van der Waals surface area contributed by atoms with Gasteiger partial charge in [0.15, 0.2) is 0 Å². The first-order valence-corrected chi connectivity index (χ1v) is 27.7. The van der Waals surface area contributed by atoms with Crippen molar-refractivity contribution in [2.45, 2.75) is 13.8 Å². The van der Waals surface area contributed by atoms with Gasteiger partial charge in [0.25, 0.3) is 0 Å². The molecule has 0 bridgehead atoms. The number of fused-ring (bicyclic) bond motifs is 3. The SMILES string of the molecule is Cc1ccccc1-c1ccc2c(c1)N(c1[c-]cccc1)[CH-]N2c1ccccc1C.[Ir].[Ir].[Ir].[c-]1ccccc1N1[CH-]N(c2ccccc2-c2ccccc2)c2cccnc21.[c-]1ccccc1N1[CH-]N(c2ccccc2-c2ccccc2)c2ncccc21. The Labute approximate surface area is 545 Å². The van der Waals surface area contributed by atoms with E-state index in [0.29, 0.717) is 0 Å². The third kappa shape index (κ3) is 12.5. The molecule has 0 N–H and O–H groups in total. The second-order valence-electron chi connectivity index (χ2n) is 20.1. The Hall–Kier alpha value is -8.75. The Kier molecular flexibility index (Phi) is 19.6. The van der Waals surface area contributed by atoms with Gasteiger partial charge >= 0.3 is 0 Å². The summed E-state index contributed by atoms with van der Waals surface area (Å²) in [5.41, 5.74) is 20.6. The van der Waals surface area contributed by atoms with Crippen LogP contribution in [-0.2, 0) is 60.3 Å². The summed E-state index contributed by atoms with van der Waals surface area (Å²) in [5, 5.41) is 0. The number of hydrogen-bond acceptors (Lipinski definition) is 8. The van der Waals surface area contributed by atoms with E-state index in [0.717, 1.165) is 57.1 Å². The Morgan fingerprint density at radius 1 is 0.279 bits per heavy atom. The van der Waals surface area contributed by atoms with Gasteiger partial charge in [-0.15, -0.1) is 37.1 Å². The second kappa shape index (κ2) is 28.0. The van der Waals surface area contributed by atoms with E-state index in [9.17, 15) is 0 Å². The maximum absolute atomic E-state index is 4.67. The van der Waals surface area contributed by atoms with Crippen molar-refractivity contribution >= 4 is 68.5 Å². The summed E-state index contributed by atoms with van der Waals surface area (Å²) in [6.07, 6.45) is 3.66. The molecule has 0 aliphatic carbocycles. The van der Waals surface area contributed by atoms with Crippen molar-refractivity contribution in [2.75, 3.05) is 29.4 Å². The largest absolute Gasteiger partial charge is 0.493 e. The summed E-state index contributed by atoms with van der Waals surface area (Å²) in [7, 11) is 0. The minimum Gasteiger partial charge on any atom is -0.493 e. The normalized spacial score (nSPS) is 12.4. The molecule has 0 saturated heterocycles. The van der Waals surface area contributed by atoms with Gasteiger partial charge in [-0.05, 0) is 102 Å². The molecule has 0 unspecified atom stereocenters. The third-order valence-corrected chi connectivity index (χ3v) is 14.9. The number of rotatable bonds is 9. The molecule has 8 nitrogen and oxygen atoms in total. The molecule has 0 amide bonds. The van der Waals surface area contributed by atoms with E-state index < -0.39 is 0 Å². The standard InChI is InChI=1S/C27H22N2.2C24H17N3.3Ir/c1-20-10-6-8-14-24(20)22-16-17-26-27(18-22)28(23-12-4-3-5-13-23)19-29(26)25-15-9-7-11-21(25)2;1-3-10-19(11-4-1)21-14-7-8-15-22(21)27-18-26(20-12-5-2-6-13-20)24-23(27)16-9-17-25-24;1-3-10-19(11-4-1)21-14-7-8-15-22(21)27-18-26(20-12-5-2-6-13-20)23-16-9-17-25-24(23)27;;;/h3-12,14-19H,1-2H3;2*1-12,14-18H;;;/q3*-2;;;. The van der Waals surface area contributed by atoms with Crippen LogP contribution in [0, 0.1) is 52.1 Å². The van der Waals surface area contributed by atoms with Crippen LogP contribution < -0.4 is 29.4 Å². The first kappa shape index (κ1) is 60.4. The van der Waals surface area contributed by atoms with E-state index in [1.165, 1.54) is 55.9 Å². The molecule has 15 rings (SSSR count).